The predicted octanol–water partition coefficient (Wildman–Crippen LogP) is 2.17. The Kier molecular flexibility index (Phi) is 3.87. The quantitative estimate of drug-likeness (QED) is 0.898. The molecule has 0 spiro atoms. The number of carboxylic acid groups (broad SMARTS) is 1. The number of fused-ring (bicyclic) bond motifs is 1. The lowest BCUT2D eigenvalue weighted by Crippen LogP contribution is -2.39. The van der Waals surface area contributed by atoms with Gasteiger partial charge in [-0.15, -0.1) is 0 Å². The molecular weight excluding hydrogens is 292 g/mol. The van der Waals surface area contributed by atoms with Crippen molar-refractivity contribution in [2.24, 2.45) is 5.92 Å². The van der Waals surface area contributed by atoms with Gasteiger partial charge in [0.15, 0.2) is 0 Å². The molecule has 2 aliphatic heterocycles. The fourth-order valence-corrected chi connectivity index (χ4v) is 3.54. The summed E-state index contributed by atoms with van der Waals surface area (Å²) in [4.78, 5) is 24.9. The molecule has 2 aliphatic rings. The minimum atomic E-state index is -0.799. The zero-order valence-corrected chi connectivity index (χ0v) is 12.3. The number of piperidine rings is 1. The molecule has 1 saturated heterocycles. The van der Waals surface area contributed by atoms with Crippen LogP contribution in [0.2, 0.25) is 5.02 Å². The standard InChI is InChI=1S/C15H17ClN2O3/c16-10-1-2-11-12(7-10)17-15(21)14(11)9-3-5-18(6-4-9)8-13(19)20/h1-2,7,9,14H,3-6,8H2,(H,17,21)(H,19,20). The largest absolute Gasteiger partial charge is 0.480 e. The number of hydrogen-bond donors (Lipinski definition) is 2. The Morgan fingerprint density at radius 1 is 1.38 bits per heavy atom. The topological polar surface area (TPSA) is 69.6 Å². The van der Waals surface area contributed by atoms with E-state index in [1.54, 1.807) is 6.07 Å². The van der Waals surface area contributed by atoms with Crippen LogP contribution in [0, 0.1) is 5.92 Å². The number of nitrogens with zero attached hydrogens (tertiary/aromatic N) is 1. The molecule has 21 heavy (non-hydrogen) atoms. The second kappa shape index (κ2) is 5.66. The van der Waals surface area contributed by atoms with Gasteiger partial charge in [0.25, 0.3) is 0 Å². The van der Waals surface area contributed by atoms with Crippen LogP contribution >= 0.6 is 11.6 Å². The van der Waals surface area contributed by atoms with E-state index in [1.807, 2.05) is 17.0 Å². The zero-order chi connectivity index (χ0) is 15.0. The lowest BCUT2D eigenvalue weighted by Gasteiger charge is -2.33. The molecular formula is C15H17ClN2O3. The van der Waals surface area contributed by atoms with E-state index in [-0.39, 0.29) is 24.3 Å². The molecule has 5 nitrogen and oxygen atoms in total. The van der Waals surface area contributed by atoms with Crippen molar-refractivity contribution in [2.75, 3.05) is 25.0 Å². The van der Waals surface area contributed by atoms with E-state index in [0.29, 0.717) is 5.02 Å². The molecule has 0 radical (unpaired) electrons. The number of amides is 1. The highest BCUT2D eigenvalue weighted by molar-refractivity contribution is 6.31. The summed E-state index contributed by atoms with van der Waals surface area (Å²) in [7, 11) is 0. The van der Waals surface area contributed by atoms with Crippen molar-refractivity contribution in [2.45, 2.75) is 18.8 Å². The minimum absolute atomic E-state index is 0.0314. The van der Waals surface area contributed by atoms with Gasteiger partial charge in [0.05, 0.1) is 12.5 Å². The van der Waals surface area contributed by atoms with Crippen molar-refractivity contribution in [1.82, 2.24) is 4.90 Å². The summed E-state index contributed by atoms with van der Waals surface area (Å²) in [6.07, 6.45) is 1.68. The SMILES string of the molecule is O=C(O)CN1CCC(C2C(=O)Nc3cc(Cl)ccc32)CC1. The minimum Gasteiger partial charge on any atom is -0.480 e. The first-order valence-electron chi connectivity index (χ1n) is 7.09. The molecule has 1 aromatic rings. The second-order valence-corrected chi connectivity index (χ2v) is 6.14. The Balaban J connectivity index is 1.72. The molecule has 0 aromatic heterocycles. The Morgan fingerprint density at radius 3 is 2.76 bits per heavy atom. The number of nitrogens with one attached hydrogen (secondary N) is 1. The van der Waals surface area contributed by atoms with Gasteiger partial charge < -0.3 is 10.4 Å². The van der Waals surface area contributed by atoms with Crippen LogP contribution in [-0.2, 0) is 9.59 Å². The van der Waals surface area contributed by atoms with E-state index in [1.165, 1.54) is 0 Å². The van der Waals surface area contributed by atoms with Crippen molar-refractivity contribution >= 4 is 29.2 Å². The average molecular weight is 309 g/mol. The fourth-order valence-electron chi connectivity index (χ4n) is 3.36. The summed E-state index contributed by atoms with van der Waals surface area (Å²) in [5, 5.41) is 12.3. The van der Waals surface area contributed by atoms with Crippen LogP contribution in [0.15, 0.2) is 18.2 Å². The van der Waals surface area contributed by atoms with Gasteiger partial charge in [0.1, 0.15) is 0 Å². The lowest BCUT2D eigenvalue weighted by atomic mass is 9.81. The van der Waals surface area contributed by atoms with Crippen molar-refractivity contribution in [3.63, 3.8) is 0 Å². The number of hydrogen-bond acceptors (Lipinski definition) is 3. The number of halogens is 1. The highest BCUT2D eigenvalue weighted by atomic mass is 35.5. The Morgan fingerprint density at radius 2 is 2.10 bits per heavy atom. The van der Waals surface area contributed by atoms with Gasteiger partial charge in [0.2, 0.25) is 5.91 Å². The summed E-state index contributed by atoms with van der Waals surface area (Å²) in [5.41, 5.74) is 1.83. The number of aliphatic carboxylic acids is 1. The highest BCUT2D eigenvalue weighted by Gasteiger charge is 2.38. The van der Waals surface area contributed by atoms with Crippen LogP contribution in [0.25, 0.3) is 0 Å². The van der Waals surface area contributed by atoms with Gasteiger partial charge >= 0.3 is 5.97 Å². The molecule has 0 aliphatic carbocycles. The molecule has 1 atom stereocenters. The molecule has 1 amide bonds. The highest BCUT2D eigenvalue weighted by Crippen LogP contribution is 2.42. The Hall–Kier alpha value is -1.59. The zero-order valence-electron chi connectivity index (χ0n) is 11.5. The summed E-state index contributed by atoms with van der Waals surface area (Å²) < 4.78 is 0. The number of carbonyl (C=O) groups excluding carboxylic acids is 1. The van der Waals surface area contributed by atoms with E-state index < -0.39 is 5.97 Å². The summed E-state index contributed by atoms with van der Waals surface area (Å²) >= 11 is 5.96. The van der Waals surface area contributed by atoms with Gasteiger partial charge in [-0.05, 0) is 49.5 Å². The number of carbonyl (C=O) groups is 2. The van der Waals surface area contributed by atoms with E-state index in [2.05, 4.69) is 5.32 Å². The van der Waals surface area contributed by atoms with Crippen LogP contribution < -0.4 is 5.32 Å². The van der Waals surface area contributed by atoms with Crippen molar-refractivity contribution in [3.8, 4) is 0 Å². The van der Waals surface area contributed by atoms with E-state index in [9.17, 15) is 9.59 Å². The molecule has 3 rings (SSSR count). The number of rotatable bonds is 3. The Bertz CT molecular complexity index is 582. The van der Waals surface area contributed by atoms with E-state index in [0.717, 1.165) is 37.2 Å². The molecule has 0 bridgehead atoms. The van der Waals surface area contributed by atoms with E-state index >= 15 is 0 Å². The number of benzene rings is 1. The molecule has 1 unspecified atom stereocenters. The van der Waals surface area contributed by atoms with Crippen LogP contribution in [0.1, 0.15) is 24.3 Å². The van der Waals surface area contributed by atoms with Gasteiger partial charge in [-0.3, -0.25) is 14.5 Å². The first-order chi connectivity index (χ1) is 10.0. The maximum atomic E-state index is 12.2. The summed E-state index contributed by atoms with van der Waals surface area (Å²) in [5.74, 6) is -0.641. The van der Waals surface area contributed by atoms with Gasteiger partial charge in [0, 0.05) is 10.7 Å². The lowest BCUT2D eigenvalue weighted by molar-refractivity contribution is -0.138. The first kappa shape index (κ1) is 14.4. The van der Waals surface area contributed by atoms with Crippen molar-refractivity contribution in [3.05, 3.63) is 28.8 Å². The van der Waals surface area contributed by atoms with Gasteiger partial charge in [-0.1, -0.05) is 17.7 Å². The van der Waals surface area contributed by atoms with Crippen molar-refractivity contribution < 1.29 is 14.7 Å². The van der Waals surface area contributed by atoms with Crippen LogP contribution in [-0.4, -0.2) is 41.5 Å². The smallest absolute Gasteiger partial charge is 0.317 e. The fraction of sp³-hybridized carbons (Fsp3) is 0.467. The number of carboxylic acids is 1. The average Bonchev–Trinajstić information content (AvgIpc) is 2.74. The molecule has 0 saturated carbocycles. The van der Waals surface area contributed by atoms with Crippen LogP contribution in [0.4, 0.5) is 5.69 Å². The monoisotopic (exact) mass is 308 g/mol. The number of likely N-dealkylation sites (tertiary alicyclic amines) is 1. The third kappa shape index (κ3) is 2.89. The molecule has 2 heterocycles. The molecule has 1 aromatic carbocycles. The molecule has 112 valence electrons. The van der Waals surface area contributed by atoms with Crippen LogP contribution in [0.5, 0.6) is 0 Å². The Labute approximate surface area is 127 Å². The predicted molar refractivity (Wildman–Crippen MR) is 79.6 cm³/mol. The third-order valence-corrected chi connectivity index (χ3v) is 4.59. The van der Waals surface area contributed by atoms with Gasteiger partial charge in [-0.25, -0.2) is 0 Å². The summed E-state index contributed by atoms with van der Waals surface area (Å²) in [6, 6.07) is 5.52. The molecule has 1 fully saturated rings. The van der Waals surface area contributed by atoms with Gasteiger partial charge in [-0.2, -0.15) is 0 Å². The molecule has 6 heteroatoms. The van der Waals surface area contributed by atoms with Crippen molar-refractivity contribution in [1.29, 1.82) is 0 Å². The first-order valence-corrected chi connectivity index (χ1v) is 7.47. The maximum absolute atomic E-state index is 12.2. The number of anilines is 1. The normalized spacial score (nSPS) is 22.9. The van der Waals surface area contributed by atoms with Crippen LogP contribution in [0.3, 0.4) is 0 Å². The third-order valence-electron chi connectivity index (χ3n) is 4.35. The second-order valence-electron chi connectivity index (χ2n) is 5.71. The molecule has 2 N–H and O–H groups in total. The maximum Gasteiger partial charge on any atom is 0.317 e. The van der Waals surface area contributed by atoms with E-state index in [4.69, 9.17) is 16.7 Å². The summed E-state index contributed by atoms with van der Waals surface area (Å²) in [6.45, 7) is 1.53.